The van der Waals surface area contributed by atoms with Crippen molar-refractivity contribution in [3.8, 4) is 0 Å². The second kappa shape index (κ2) is 8.16. The molecule has 0 radical (unpaired) electrons. The lowest BCUT2D eigenvalue weighted by Crippen LogP contribution is -2.22. The van der Waals surface area contributed by atoms with Crippen LogP contribution < -0.4 is 9.83 Å². The fourth-order valence-corrected chi connectivity index (χ4v) is 3.95. The molecule has 3 aromatic rings. The Morgan fingerprint density at radius 1 is 0.964 bits per heavy atom. The van der Waals surface area contributed by atoms with E-state index in [0.717, 1.165) is 15.6 Å². The fraction of sp³-hybridized carbons (Fsp3) is 0.0952. The van der Waals surface area contributed by atoms with Crippen molar-refractivity contribution in [3.05, 3.63) is 87.9 Å². The molecule has 0 bridgehead atoms. The molecule has 0 saturated heterocycles. The van der Waals surface area contributed by atoms with Crippen LogP contribution in [0.5, 0.6) is 0 Å². The van der Waals surface area contributed by atoms with Gasteiger partial charge in [-0.15, -0.1) is 0 Å². The first kappa shape index (κ1) is 20.1. The number of hydrogen-bond donors (Lipinski definition) is 1. The van der Waals surface area contributed by atoms with E-state index in [9.17, 15) is 13.5 Å². The number of aliphatic imine (C=N–C) groups is 1. The standard InChI is InChI=1S/C21H19BrN2O3S/c1-14-6-5-9-19(15(14)2)23-21(25)18-7-3-4-8-20(18)24-28(26,27)17-12-10-16(22)11-13-17/h3-13,24H,1-2H3,(H,23,25)/p-1. The summed E-state index contributed by atoms with van der Waals surface area (Å²) in [5.41, 5.74) is 2.87. The van der Waals surface area contributed by atoms with Crippen LogP contribution in [0.2, 0.25) is 0 Å². The monoisotopic (exact) mass is 457 g/mol. The van der Waals surface area contributed by atoms with Crippen LogP contribution in [0.1, 0.15) is 16.7 Å². The van der Waals surface area contributed by atoms with Gasteiger partial charge in [-0.2, -0.15) is 0 Å². The van der Waals surface area contributed by atoms with Crippen molar-refractivity contribution < 1.29 is 13.5 Å². The van der Waals surface area contributed by atoms with Gasteiger partial charge in [-0.05, 0) is 67.3 Å². The molecule has 0 fully saturated rings. The van der Waals surface area contributed by atoms with Crippen molar-refractivity contribution in [3.63, 3.8) is 0 Å². The quantitative estimate of drug-likeness (QED) is 0.457. The Bertz CT molecular complexity index is 1140. The number of aryl methyl sites for hydroxylation is 1. The first-order chi connectivity index (χ1) is 13.3. The second-order valence-corrected chi connectivity index (χ2v) is 8.84. The maximum Gasteiger partial charge on any atom is 0.261 e. The second-order valence-electron chi connectivity index (χ2n) is 6.24. The molecule has 7 heteroatoms. The van der Waals surface area contributed by atoms with Crippen LogP contribution >= 0.6 is 15.9 Å². The molecule has 0 heterocycles. The third-order valence-corrected chi connectivity index (χ3v) is 6.23. The predicted molar refractivity (Wildman–Crippen MR) is 114 cm³/mol. The van der Waals surface area contributed by atoms with Crippen LogP contribution in [-0.4, -0.2) is 14.3 Å². The fourth-order valence-electron chi connectivity index (χ4n) is 2.60. The van der Waals surface area contributed by atoms with Gasteiger partial charge in [-0.25, -0.2) is 8.42 Å². The summed E-state index contributed by atoms with van der Waals surface area (Å²) in [6, 6.07) is 18.2. The molecule has 3 aromatic carbocycles. The van der Waals surface area contributed by atoms with Gasteiger partial charge in [0.15, 0.2) is 0 Å². The summed E-state index contributed by atoms with van der Waals surface area (Å²) in [6.45, 7) is 3.84. The molecule has 0 spiro atoms. The lowest BCUT2D eigenvalue weighted by molar-refractivity contribution is -0.212. The van der Waals surface area contributed by atoms with Crippen molar-refractivity contribution in [1.82, 2.24) is 0 Å². The van der Waals surface area contributed by atoms with Gasteiger partial charge in [-0.3, -0.25) is 9.71 Å². The smallest absolute Gasteiger partial charge is 0.261 e. The minimum absolute atomic E-state index is 0.101. The van der Waals surface area contributed by atoms with E-state index in [4.69, 9.17) is 0 Å². The number of rotatable bonds is 5. The number of hydrogen-bond acceptors (Lipinski definition) is 4. The Kier molecular flexibility index (Phi) is 5.86. The third-order valence-electron chi connectivity index (χ3n) is 4.32. The lowest BCUT2D eigenvalue weighted by atomic mass is 10.1. The first-order valence-corrected chi connectivity index (χ1v) is 10.8. The lowest BCUT2D eigenvalue weighted by Gasteiger charge is -2.18. The van der Waals surface area contributed by atoms with Gasteiger partial charge in [0, 0.05) is 10.0 Å². The minimum Gasteiger partial charge on any atom is -0.858 e. The molecule has 1 N–H and O–H groups in total. The highest BCUT2D eigenvalue weighted by Crippen LogP contribution is 2.25. The number of benzene rings is 3. The molecule has 0 aromatic heterocycles. The van der Waals surface area contributed by atoms with Gasteiger partial charge >= 0.3 is 0 Å². The SMILES string of the molecule is Cc1cccc(N=C([O-])c2ccccc2NS(=O)(=O)c2ccc(Br)cc2)c1C. The highest BCUT2D eigenvalue weighted by Gasteiger charge is 2.16. The predicted octanol–water partition coefficient (Wildman–Crippen LogP) is 4.31. The summed E-state index contributed by atoms with van der Waals surface area (Å²) in [5, 5.41) is 12.8. The summed E-state index contributed by atoms with van der Waals surface area (Å²) >= 11 is 3.28. The normalized spacial score (nSPS) is 12.0. The van der Waals surface area contributed by atoms with E-state index >= 15 is 0 Å². The van der Waals surface area contributed by atoms with E-state index in [-0.39, 0.29) is 16.1 Å². The van der Waals surface area contributed by atoms with E-state index in [1.807, 2.05) is 26.0 Å². The largest absolute Gasteiger partial charge is 0.858 e. The highest BCUT2D eigenvalue weighted by molar-refractivity contribution is 9.10. The zero-order valence-electron chi connectivity index (χ0n) is 15.3. The van der Waals surface area contributed by atoms with Crippen LogP contribution in [0.3, 0.4) is 0 Å². The molecule has 0 atom stereocenters. The number of para-hydroxylation sites is 1. The summed E-state index contributed by atoms with van der Waals surface area (Å²) in [5.74, 6) is -0.511. The molecule has 0 aliphatic heterocycles. The molecular weight excluding hydrogens is 440 g/mol. The molecule has 28 heavy (non-hydrogen) atoms. The maximum atomic E-state index is 12.8. The molecule has 3 rings (SSSR count). The van der Waals surface area contributed by atoms with Crippen LogP contribution in [0, 0.1) is 13.8 Å². The van der Waals surface area contributed by atoms with Crippen molar-refractivity contribution in [2.24, 2.45) is 4.99 Å². The van der Waals surface area contributed by atoms with Gasteiger partial charge < -0.3 is 5.11 Å². The number of nitrogens with one attached hydrogen (secondary N) is 1. The van der Waals surface area contributed by atoms with Crippen molar-refractivity contribution in [2.45, 2.75) is 18.7 Å². The number of nitrogens with zero attached hydrogens (tertiary/aromatic N) is 1. The average Bonchev–Trinajstić information content (AvgIpc) is 2.66. The summed E-state index contributed by atoms with van der Waals surface area (Å²) in [4.78, 5) is 4.29. The number of anilines is 1. The van der Waals surface area contributed by atoms with E-state index < -0.39 is 15.9 Å². The topological polar surface area (TPSA) is 81.6 Å². The summed E-state index contributed by atoms with van der Waals surface area (Å²) < 4.78 is 28.6. The summed E-state index contributed by atoms with van der Waals surface area (Å²) in [6.07, 6.45) is 0. The molecule has 144 valence electrons. The van der Waals surface area contributed by atoms with Gasteiger partial charge in [0.2, 0.25) is 0 Å². The van der Waals surface area contributed by atoms with Gasteiger partial charge in [0.05, 0.1) is 16.3 Å². The van der Waals surface area contributed by atoms with Crippen LogP contribution in [0.4, 0.5) is 11.4 Å². The minimum atomic E-state index is -3.84. The number of sulfonamides is 1. The third kappa shape index (κ3) is 4.43. The van der Waals surface area contributed by atoms with Gasteiger partial charge in [-0.1, -0.05) is 46.3 Å². The molecule has 0 unspecified atom stereocenters. The number of halogens is 1. The van der Waals surface area contributed by atoms with Crippen LogP contribution in [-0.2, 0) is 10.0 Å². The molecule has 0 aliphatic rings. The van der Waals surface area contributed by atoms with E-state index in [1.165, 1.54) is 12.1 Å². The van der Waals surface area contributed by atoms with Crippen molar-refractivity contribution >= 4 is 43.2 Å². The van der Waals surface area contributed by atoms with E-state index in [2.05, 4.69) is 25.6 Å². The van der Waals surface area contributed by atoms with E-state index in [1.54, 1.807) is 42.5 Å². The average molecular weight is 458 g/mol. The molecule has 5 nitrogen and oxygen atoms in total. The van der Waals surface area contributed by atoms with Crippen LogP contribution in [0.15, 0.2) is 81.1 Å². The Morgan fingerprint density at radius 2 is 1.64 bits per heavy atom. The Morgan fingerprint density at radius 3 is 2.36 bits per heavy atom. The van der Waals surface area contributed by atoms with Gasteiger partial charge in [0.1, 0.15) is 0 Å². The van der Waals surface area contributed by atoms with E-state index in [0.29, 0.717) is 5.69 Å². The van der Waals surface area contributed by atoms with Gasteiger partial charge in [0.25, 0.3) is 10.0 Å². The Labute approximate surface area is 173 Å². The Balaban J connectivity index is 1.98. The van der Waals surface area contributed by atoms with Crippen LogP contribution in [0.25, 0.3) is 0 Å². The van der Waals surface area contributed by atoms with Crippen molar-refractivity contribution in [1.29, 1.82) is 0 Å². The molecule has 0 aliphatic carbocycles. The van der Waals surface area contributed by atoms with Crippen molar-refractivity contribution in [2.75, 3.05) is 4.72 Å². The Hall–Kier alpha value is -2.64. The molecule has 0 saturated carbocycles. The first-order valence-electron chi connectivity index (χ1n) is 8.47. The zero-order chi connectivity index (χ0) is 20.3. The zero-order valence-corrected chi connectivity index (χ0v) is 17.7. The molecule has 0 amide bonds. The maximum absolute atomic E-state index is 12.8. The molecular formula is C21H18BrN2O3S-. The summed E-state index contributed by atoms with van der Waals surface area (Å²) in [7, 11) is -3.84. The highest BCUT2D eigenvalue weighted by atomic mass is 79.9.